The summed E-state index contributed by atoms with van der Waals surface area (Å²) in [5.74, 6) is 0. The first-order chi connectivity index (χ1) is 7.41. The van der Waals surface area contributed by atoms with Crippen molar-refractivity contribution in [3.63, 3.8) is 0 Å². The van der Waals surface area contributed by atoms with Gasteiger partial charge in [0.15, 0.2) is 0 Å². The second-order valence-corrected chi connectivity index (χ2v) is 6.05. The van der Waals surface area contributed by atoms with Gasteiger partial charge in [0.2, 0.25) is 0 Å². The van der Waals surface area contributed by atoms with E-state index in [0.29, 0.717) is 11.5 Å². The van der Waals surface area contributed by atoms with E-state index in [9.17, 15) is 4.79 Å². The number of ether oxygens (including phenoxy) is 1. The predicted octanol–water partition coefficient (Wildman–Crippen LogP) is 1.65. The van der Waals surface area contributed by atoms with Crippen LogP contribution in [0.1, 0.15) is 40.0 Å². The third kappa shape index (κ3) is 2.67. The van der Waals surface area contributed by atoms with Gasteiger partial charge in [0.05, 0.1) is 0 Å². The van der Waals surface area contributed by atoms with Crippen LogP contribution in [0, 0.1) is 5.41 Å². The normalized spacial score (nSPS) is 33.6. The summed E-state index contributed by atoms with van der Waals surface area (Å²) in [4.78, 5) is 11.6. The summed E-state index contributed by atoms with van der Waals surface area (Å²) in [5.41, 5.74) is -0.0773. The Morgan fingerprint density at radius 3 is 2.81 bits per heavy atom. The first kappa shape index (κ1) is 11.7. The van der Waals surface area contributed by atoms with Gasteiger partial charge < -0.3 is 15.4 Å². The van der Waals surface area contributed by atoms with Gasteiger partial charge in [-0.1, -0.05) is 0 Å². The van der Waals surface area contributed by atoms with Crippen molar-refractivity contribution < 1.29 is 9.53 Å². The number of rotatable bonds is 1. The van der Waals surface area contributed by atoms with Crippen LogP contribution in [-0.4, -0.2) is 30.8 Å². The Kier molecular flexibility index (Phi) is 2.86. The van der Waals surface area contributed by atoms with Gasteiger partial charge in [0.1, 0.15) is 5.60 Å². The topological polar surface area (TPSA) is 50.4 Å². The minimum Gasteiger partial charge on any atom is -0.444 e. The lowest BCUT2D eigenvalue weighted by Gasteiger charge is -2.24. The summed E-state index contributed by atoms with van der Waals surface area (Å²) in [6, 6.07) is 0.315. The predicted molar refractivity (Wildman–Crippen MR) is 62.3 cm³/mol. The van der Waals surface area contributed by atoms with E-state index in [1.165, 1.54) is 12.8 Å². The Morgan fingerprint density at radius 1 is 1.50 bits per heavy atom. The molecule has 2 fully saturated rings. The van der Waals surface area contributed by atoms with E-state index in [1.807, 2.05) is 20.8 Å². The Labute approximate surface area is 97.1 Å². The van der Waals surface area contributed by atoms with Crippen molar-refractivity contribution in [3.05, 3.63) is 0 Å². The number of carbonyl (C=O) groups excluding carboxylic acids is 1. The molecular weight excluding hydrogens is 204 g/mol. The number of hydrogen-bond donors (Lipinski definition) is 2. The summed E-state index contributed by atoms with van der Waals surface area (Å²) in [6.45, 7) is 7.81. The van der Waals surface area contributed by atoms with Crippen LogP contribution < -0.4 is 10.6 Å². The second-order valence-electron chi connectivity index (χ2n) is 6.05. The van der Waals surface area contributed by atoms with Crippen molar-refractivity contribution in [2.45, 2.75) is 51.7 Å². The molecule has 0 bridgehead atoms. The molecule has 16 heavy (non-hydrogen) atoms. The highest BCUT2D eigenvalue weighted by molar-refractivity contribution is 5.68. The van der Waals surface area contributed by atoms with Crippen molar-refractivity contribution in [1.82, 2.24) is 10.6 Å². The highest BCUT2D eigenvalue weighted by Gasteiger charge is 2.55. The average Bonchev–Trinajstić information content (AvgIpc) is 2.75. The molecule has 4 heteroatoms. The molecular formula is C12H22N2O2. The average molecular weight is 226 g/mol. The molecule has 1 saturated carbocycles. The van der Waals surface area contributed by atoms with Gasteiger partial charge in [-0.2, -0.15) is 0 Å². The lowest BCUT2D eigenvalue weighted by Crippen LogP contribution is -2.40. The summed E-state index contributed by atoms with van der Waals surface area (Å²) < 4.78 is 5.25. The molecule has 1 heterocycles. The zero-order valence-corrected chi connectivity index (χ0v) is 10.4. The van der Waals surface area contributed by atoms with Gasteiger partial charge >= 0.3 is 6.09 Å². The van der Waals surface area contributed by atoms with Gasteiger partial charge in [0, 0.05) is 18.0 Å². The summed E-state index contributed by atoms with van der Waals surface area (Å²) in [5, 5.41) is 6.37. The van der Waals surface area contributed by atoms with Gasteiger partial charge in [0.25, 0.3) is 0 Å². The number of piperidine rings is 1. The van der Waals surface area contributed by atoms with Crippen molar-refractivity contribution in [2.75, 3.05) is 13.1 Å². The molecule has 2 atom stereocenters. The molecule has 2 N–H and O–H groups in total. The van der Waals surface area contributed by atoms with Crippen LogP contribution in [0.2, 0.25) is 0 Å². The lowest BCUT2D eigenvalue weighted by atomic mass is 9.96. The zero-order valence-electron chi connectivity index (χ0n) is 10.4. The van der Waals surface area contributed by atoms with Crippen LogP contribution in [0.15, 0.2) is 0 Å². The maximum Gasteiger partial charge on any atom is 0.407 e. The van der Waals surface area contributed by atoms with Crippen molar-refractivity contribution >= 4 is 6.09 Å². The molecule has 92 valence electrons. The number of amides is 1. The summed E-state index contributed by atoms with van der Waals surface area (Å²) in [7, 11) is 0. The molecule has 2 rings (SSSR count). The fourth-order valence-corrected chi connectivity index (χ4v) is 2.46. The Balaban J connectivity index is 1.78. The number of nitrogens with one attached hydrogen (secondary N) is 2. The lowest BCUT2D eigenvalue weighted by molar-refractivity contribution is 0.0514. The number of carbonyl (C=O) groups is 1. The molecule has 0 aromatic rings. The Bertz CT molecular complexity index is 277. The van der Waals surface area contributed by atoms with Gasteiger partial charge in [-0.05, 0) is 46.6 Å². The van der Waals surface area contributed by atoms with Crippen LogP contribution >= 0.6 is 0 Å². The smallest absolute Gasteiger partial charge is 0.407 e. The zero-order chi connectivity index (χ0) is 11.8. The van der Waals surface area contributed by atoms with E-state index in [-0.39, 0.29) is 6.09 Å². The van der Waals surface area contributed by atoms with Crippen molar-refractivity contribution in [3.8, 4) is 0 Å². The standard InChI is InChI=1S/C12H22N2O2/c1-11(2,3)16-10(15)14-9-7-12(9)5-4-6-13-8-12/h9,13H,4-8H2,1-3H3,(H,14,15)/t9-,12-/m1/s1. The molecule has 0 unspecified atom stereocenters. The van der Waals surface area contributed by atoms with Gasteiger partial charge in [-0.3, -0.25) is 0 Å². The second kappa shape index (κ2) is 3.91. The fraction of sp³-hybridized carbons (Fsp3) is 0.917. The Hall–Kier alpha value is -0.770. The quantitative estimate of drug-likeness (QED) is 0.715. The molecule has 0 radical (unpaired) electrons. The number of alkyl carbamates (subject to hydrolysis) is 1. The minimum absolute atomic E-state index is 0.278. The number of hydrogen-bond acceptors (Lipinski definition) is 3. The van der Waals surface area contributed by atoms with E-state index in [1.54, 1.807) is 0 Å². The van der Waals surface area contributed by atoms with Crippen molar-refractivity contribution in [2.24, 2.45) is 5.41 Å². The maximum atomic E-state index is 11.6. The monoisotopic (exact) mass is 226 g/mol. The molecule has 1 amide bonds. The molecule has 0 aromatic carbocycles. The van der Waals surface area contributed by atoms with Crippen LogP contribution in [0.4, 0.5) is 4.79 Å². The van der Waals surface area contributed by atoms with Crippen molar-refractivity contribution in [1.29, 1.82) is 0 Å². The highest BCUT2D eigenvalue weighted by Crippen LogP contribution is 2.50. The highest BCUT2D eigenvalue weighted by atomic mass is 16.6. The van der Waals surface area contributed by atoms with Gasteiger partial charge in [-0.15, -0.1) is 0 Å². The largest absolute Gasteiger partial charge is 0.444 e. The molecule has 2 aliphatic rings. The molecule has 1 aliphatic carbocycles. The SMILES string of the molecule is CC(C)(C)OC(=O)N[C@@H]1C[C@@]12CCCNC2. The summed E-state index contributed by atoms with van der Waals surface area (Å²) >= 11 is 0. The third-order valence-corrected chi connectivity index (χ3v) is 3.39. The third-order valence-electron chi connectivity index (χ3n) is 3.39. The Morgan fingerprint density at radius 2 is 2.25 bits per heavy atom. The molecule has 1 saturated heterocycles. The van der Waals surface area contributed by atoms with E-state index < -0.39 is 5.60 Å². The van der Waals surface area contributed by atoms with Crippen LogP contribution in [0.25, 0.3) is 0 Å². The summed E-state index contributed by atoms with van der Waals surface area (Å²) in [6.07, 6.45) is 3.26. The van der Waals surface area contributed by atoms with Gasteiger partial charge in [-0.25, -0.2) is 4.79 Å². The first-order valence-electron chi connectivity index (χ1n) is 6.12. The van der Waals surface area contributed by atoms with E-state index in [0.717, 1.165) is 19.5 Å². The molecule has 0 aromatic heterocycles. The van der Waals surface area contributed by atoms with Crippen LogP contribution in [-0.2, 0) is 4.74 Å². The molecule has 1 aliphatic heterocycles. The maximum absolute atomic E-state index is 11.6. The van der Waals surface area contributed by atoms with E-state index in [4.69, 9.17) is 4.74 Å². The minimum atomic E-state index is -0.406. The first-order valence-corrected chi connectivity index (χ1v) is 6.12. The van der Waals surface area contributed by atoms with E-state index in [2.05, 4.69) is 10.6 Å². The fourth-order valence-electron chi connectivity index (χ4n) is 2.46. The molecule has 4 nitrogen and oxygen atoms in total. The van der Waals surface area contributed by atoms with Crippen LogP contribution in [0.5, 0.6) is 0 Å². The van der Waals surface area contributed by atoms with Crippen LogP contribution in [0.3, 0.4) is 0 Å². The van der Waals surface area contributed by atoms with E-state index >= 15 is 0 Å². The molecule has 1 spiro atoms.